The first kappa shape index (κ1) is 36.8. The van der Waals surface area contributed by atoms with E-state index in [1.54, 1.807) is 0 Å². The fraction of sp³-hybridized carbons (Fsp3) is 0. The molecular formula is C60H40N2S. The fourth-order valence-electron chi connectivity index (χ4n) is 9.44. The highest BCUT2D eigenvalue weighted by Gasteiger charge is 2.20. The van der Waals surface area contributed by atoms with Crippen LogP contribution in [0, 0.1) is 0 Å². The van der Waals surface area contributed by atoms with Gasteiger partial charge < -0.3 is 9.80 Å². The second-order valence-corrected chi connectivity index (χ2v) is 17.1. The first-order valence-electron chi connectivity index (χ1n) is 21.5. The second kappa shape index (κ2) is 15.5. The molecule has 12 rings (SSSR count). The summed E-state index contributed by atoms with van der Waals surface area (Å²) >= 11 is 1.90. The Kier molecular flexibility index (Phi) is 9.06. The number of thiophene rings is 1. The molecule has 0 amide bonds. The minimum atomic E-state index is 1.11. The molecular weight excluding hydrogens is 781 g/mol. The van der Waals surface area contributed by atoms with Gasteiger partial charge in [0.1, 0.15) is 0 Å². The molecule has 0 saturated carbocycles. The maximum Gasteiger partial charge on any atom is 0.0540 e. The molecule has 0 aliphatic heterocycles. The number of nitrogens with zero attached hydrogens (tertiary/aromatic N) is 2. The highest BCUT2D eigenvalue weighted by molar-refractivity contribution is 7.27. The quantitative estimate of drug-likeness (QED) is 0.141. The minimum Gasteiger partial charge on any atom is -0.310 e. The molecule has 296 valence electrons. The van der Waals surface area contributed by atoms with E-state index in [-0.39, 0.29) is 0 Å². The van der Waals surface area contributed by atoms with E-state index < -0.39 is 0 Å². The summed E-state index contributed by atoms with van der Waals surface area (Å²) in [5, 5.41) is 10.2. The molecule has 0 radical (unpaired) electrons. The summed E-state index contributed by atoms with van der Waals surface area (Å²) < 4.78 is 2.60. The third-order valence-corrected chi connectivity index (χ3v) is 13.6. The lowest BCUT2D eigenvalue weighted by Gasteiger charge is -2.28. The largest absolute Gasteiger partial charge is 0.310 e. The summed E-state index contributed by atoms with van der Waals surface area (Å²) in [6.07, 6.45) is 0. The summed E-state index contributed by atoms with van der Waals surface area (Å²) in [6.45, 7) is 0. The molecule has 0 aliphatic carbocycles. The lowest BCUT2D eigenvalue weighted by atomic mass is 9.94. The SMILES string of the molecule is c1ccc(-c2ccccc2N(c2ccccc2)c2ccc(-c3ccc4c(c3)c3ccccc3c3c5ccc(N(c6ccccc6)c6ccc7ccccc7c6)cc5sc43)cc2)cc1. The molecule has 0 bridgehead atoms. The zero-order valence-electron chi connectivity index (χ0n) is 34.4. The first-order valence-corrected chi connectivity index (χ1v) is 22.3. The number of hydrogen-bond donors (Lipinski definition) is 0. The minimum absolute atomic E-state index is 1.11. The van der Waals surface area contributed by atoms with E-state index >= 15 is 0 Å². The van der Waals surface area contributed by atoms with Gasteiger partial charge in [0.05, 0.1) is 5.69 Å². The van der Waals surface area contributed by atoms with Crippen LogP contribution in [0.25, 0.3) is 74.7 Å². The van der Waals surface area contributed by atoms with Crippen molar-refractivity contribution in [3.8, 4) is 22.3 Å². The number of benzene rings is 11. The smallest absolute Gasteiger partial charge is 0.0540 e. The Morgan fingerprint density at radius 2 is 0.841 bits per heavy atom. The molecule has 11 aromatic carbocycles. The molecule has 1 heterocycles. The molecule has 0 unspecified atom stereocenters. The van der Waals surface area contributed by atoms with E-state index in [4.69, 9.17) is 0 Å². The van der Waals surface area contributed by atoms with Gasteiger partial charge in [-0.3, -0.25) is 0 Å². The second-order valence-electron chi connectivity index (χ2n) is 16.1. The van der Waals surface area contributed by atoms with Crippen molar-refractivity contribution >= 4 is 98.0 Å². The normalized spacial score (nSPS) is 11.5. The average molecular weight is 821 g/mol. The third-order valence-electron chi connectivity index (χ3n) is 12.4. The molecule has 1 aromatic heterocycles. The van der Waals surface area contributed by atoms with Crippen molar-refractivity contribution in [1.82, 2.24) is 0 Å². The molecule has 3 heteroatoms. The number of hydrogen-bond acceptors (Lipinski definition) is 3. The summed E-state index contributed by atoms with van der Waals surface area (Å²) in [5.41, 5.74) is 11.5. The van der Waals surface area contributed by atoms with Crippen molar-refractivity contribution in [3.63, 3.8) is 0 Å². The number of para-hydroxylation sites is 3. The van der Waals surface area contributed by atoms with Crippen LogP contribution in [-0.4, -0.2) is 0 Å². The van der Waals surface area contributed by atoms with Gasteiger partial charge in [0, 0.05) is 59.6 Å². The van der Waals surface area contributed by atoms with E-state index in [1.807, 2.05) is 11.3 Å². The highest BCUT2D eigenvalue weighted by Crippen LogP contribution is 2.47. The van der Waals surface area contributed by atoms with Crippen molar-refractivity contribution in [1.29, 1.82) is 0 Å². The Morgan fingerprint density at radius 1 is 0.286 bits per heavy atom. The zero-order chi connectivity index (χ0) is 41.7. The monoisotopic (exact) mass is 820 g/mol. The van der Waals surface area contributed by atoms with E-state index in [0.717, 1.165) is 34.1 Å². The lowest BCUT2D eigenvalue weighted by molar-refractivity contribution is 1.28. The Balaban J connectivity index is 0.965. The molecule has 12 aromatic rings. The predicted molar refractivity (Wildman–Crippen MR) is 272 cm³/mol. The van der Waals surface area contributed by atoms with Gasteiger partial charge in [0.25, 0.3) is 0 Å². The summed E-state index contributed by atoms with van der Waals surface area (Å²) in [7, 11) is 0. The lowest BCUT2D eigenvalue weighted by Crippen LogP contribution is -2.11. The maximum atomic E-state index is 2.40. The molecule has 0 aliphatic rings. The van der Waals surface area contributed by atoms with Crippen molar-refractivity contribution in [2.45, 2.75) is 0 Å². The predicted octanol–water partition coefficient (Wildman–Crippen LogP) is 17.8. The molecule has 0 spiro atoms. The molecule has 63 heavy (non-hydrogen) atoms. The molecule has 2 nitrogen and oxygen atoms in total. The Labute approximate surface area is 370 Å². The first-order chi connectivity index (χ1) is 31.2. The van der Waals surface area contributed by atoms with Gasteiger partial charge in [0.2, 0.25) is 0 Å². The Hall–Kier alpha value is -7.98. The van der Waals surface area contributed by atoms with Crippen molar-refractivity contribution in [2.75, 3.05) is 9.80 Å². The van der Waals surface area contributed by atoms with Gasteiger partial charge in [-0.25, -0.2) is 0 Å². The maximum absolute atomic E-state index is 2.40. The van der Waals surface area contributed by atoms with E-state index in [2.05, 4.69) is 252 Å². The molecule has 0 fully saturated rings. The van der Waals surface area contributed by atoms with Crippen LogP contribution in [0.15, 0.2) is 243 Å². The third kappa shape index (κ3) is 6.50. The van der Waals surface area contributed by atoms with Crippen LogP contribution in [0.4, 0.5) is 34.1 Å². The summed E-state index contributed by atoms with van der Waals surface area (Å²) in [4.78, 5) is 4.75. The molecule has 0 N–H and O–H groups in total. The summed E-state index contributed by atoms with van der Waals surface area (Å²) in [6, 6.07) is 88.2. The molecule has 0 saturated heterocycles. The van der Waals surface area contributed by atoms with Crippen molar-refractivity contribution in [2.24, 2.45) is 0 Å². The van der Waals surface area contributed by atoms with Crippen molar-refractivity contribution in [3.05, 3.63) is 243 Å². The number of fused-ring (bicyclic) bond motifs is 9. The Bertz CT molecular complexity index is 3620. The van der Waals surface area contributed by atoms with E-state index in [1.165, 1.54) is 74.7 Å². The van der Waals surface area contributed by atoms with Crippen molar-refractivity contribution < 1.29 is 0 Å². The average Bonchev–Trinajstić information content (AvgIpc) is 3.75. The standard InChI is InChI=1S/C60H40N2S/c1-4-17-43(18-5-1)51-24-14-15-27-57(51)62(47-22-8-3-9-23-47)48-32-28-42(29-33-48)45-31-36-54-56(39-45)52-25-12-13-26-53(52)59-55-37-35-50(40-58(55)63-60(54)59)61(46-20-6-2-7-21-46)49-34-30-41-16-10-11-19-44(41)38-49/h1-40H. The van der Waals surface area contributed by atoms with Crippen LogP contribution in [0.1, 0.15) is 0 Å². The molecule has 0 atom stereocenters. The topological polar surface area (TPSA) is 6.48 Å². The van der Waals surface area contributed by atoms with Gasteiger partial charge in [-0.1, -0.05) is 170 Å². The Morgan fingerprint density at radius 3 is 1.62 bits per heavy atom. The zero-order valence-corrected chi connectivity index (χ0v) is 35.2. The van der Waals surface area contributed by atoms with Crippen LogP contribution in [0.3, 0.4) is 0 Å². The van der Waals surface area contributed by atoms with Gasteiger partial charge in [-0.05, 0) is 116 Å². The highest BCUT2D eigenvalue weighted by atomic mass is 32.1. The van der Waals surface area contributed by atoms with Crippen LogP contribution < -0.4 is 9.80 Å². The van der Waals surface area contributed by atoms with Gasteiger partial charge in [0.15, 0.2) is 0 Å². The van der Waals surface area contributed by atoms with Crippen LogP contribution in [0.2, 0.25) is 0 Å². The van der Waals surface area contributed by atoms with Crippen LogP contribution in [-0.2, 0) is 0 Å². The van der Waals surface area contributed by atoms with Crippen LogP contribution in [0.5, 0.6) is 0 Å². The number of anilines is 6. The van der Waals surface area contributed by atoms with Gasteiger partial charge in [-0.15, -0.1) is 11.3 Å². The van der Waals surface area contributed by atoms with E-state index in [0.29, 0.717) is 0 Å². The van der Waals surface area contributed by atoms with Gasteiger partial charge in [-0.2, -0.15) is 0 Å². The van der Waals surface area contributed by atoms with Crippen LogP contribution >= 0.6 is 11.3 Å². The fourth-order valence-corrected chi connectivity index (χ4v) is 10.7. The van der Waals surface area contributed by atoms with E-state index in [9.17, 15) is 0 Å². The summed E-state index contributed by atoms with van der Waals surface area (Å²) in [5.74, 6) is 0. The van der Waals surface area contributed by atoms with Gasteiger partial charge >= 0.3 is 0 Å². The number of rotatable bonds is 8.